The highest BCUT2D eigenvalue weighted by Gasteiger charge is 2.28. The van der Waals surface area contributed by atoms with Gasteiger partial charge in [0.2, 0.25) is 0 Å². The molecule has 1 aliphatic rings. The first-order chi connectivity index (χ1) is 11.1. The first-order valence-corrected chi connectivity index (χ1v) is 7.65. The van der Waals surface area contributed by atoms with E-state index in [-0.39, 0.29) is 6.04 Å². The quantitative estimate of drug-likeness (QED) is 0.744. The topological polar surface area (TPSA) is 38.9 Å². The lowest BCUT2D eigenvalue weighted by molar-refractivity contribution is 0.0619. The number of hydrogen-bond acceptors (Lipinski definition) is 3. The van der Waals surface area contributed by atoms with Gasteiger partial charge in [0.25, 0.3) is 0 Å². The maximum absolute atomic E-state index is 13.6. The number of alkyl halides is 2. The van der Waals surface area contributed by atoms with Crippen LogP contribution in [-0.4, -0.2) is 30.8 Å². The summed E-state index contributed by atoms with van der Waals surface area (Å²) in [4.78, 5) is 6.64. The van der Waals surface area contributed by atoms with Gasteiger partial charge in [0.05, 0.1) is 29.3 Å². The van der Waals surface area contributed by atoms with Crippen LogP contribution in [0.3, 0.4) is 0 Å². The molecule has 4 rings (SSSR count). The van der Waals surface area contributed by atoms with Gasteiger partial charge in [-0.05, 0) is 25.1 Å². The number of hydrogen-bond donors (Lipinski definition) is 0. The Morgan fingerprint density at radius 1 is 1.13 bits per heavy atom. The molecule has 3 aromatic rings. The van der Waals surface area contributed by atoms with Crippen LogP contribution in [0.2, 0.25) is 0 Å². The lowest BCUT2D eigenvalue weighted by atomic mass is 10.2. The van der Waals surface area contributed by atoms with E-state index in [1.54, 1.807) is 24.4 Å². The van der Waals surface area contributed by atoms with Gasteiger partial charge in [0.1, 0.15) is 5.82 Å². The van der Waals surface area contributed by atoms with Gasteiger partial charge < -0.3 is 0 Å². The fourth-order valence-electron chi connectivity index (χ4n) is 3.26. The van der Waals surface area contributed by atoms with Gasteiger partial charge in [-0.25, -0.2) is 4.98 Å². The molecule has 0 spiro atoms. The largest absolute Gasteiger partial charge is 0.320 e. The molecule has 2 aromatic heterocycles. The Labute approximate surface area is 132 Å². The van der Waals surface area contributed by atoms with E-state index in [0.29, 0.717) is 23.4 Å². The van der Waals surface area contributed by atoms with E-state index in [1.165, 1.54) is 0 Å². The summed E-state index contributed by atoms with van der Waals surface area (Å²) in [5.41, 5.74) is 2.19. The average Bonchev–Trinajstić information content (AvgIpc) is 3.17. The molecule has 0 N–H and O–H groups in total. The van der Waals surface area contributed by atoms with Crippen LogP contribution in [-0.2, 0) is 13.1 Å². The van der Waals surface area contributed by atoms with Crippen molar-refractivity contribution in [2.24, 2.45) is 0 Å². The Morgan fingerprint density at radius 3 is 2.78 bits per heavy atom. The molecule has 1 aliphatic heterocycles. The third kappa shape index (κ3) is 2.31. The molecule has 120 valence electrons. The number of para-hydroxylation sites is 2. The van der Waals surface area contributed by atoms with E-state index in [9.17, 15) is 8.78 Å². The fourth-order valence-corrected chi connectivity index (χ4v) is 3.26. The van der Waals surface area contributed by atoms with E-state index < -0.39 is 6.55 Å². The Kier molecular flexibility index (Phi) is 3.37. The van der Waals surface area contributed by atoms with E-state index in [0.717, 1.165) is 23.4 Å². The van der Waals surface area contributed by atoms with Crippen molar-refractivity contribution in [1.29, 1.82) is 0 Å². The summed E-state index contributed by atoms with van der Waals surface area (Å²) >= 11 is 0. The highest BCUT2D eigenvalue weighted by molar-refractivity contribution is 5.76. The maximum atomic E-state index is 13.6. The zero-order valence-corrected chi connectivity index (χ0v) is 12.7. The molecule has 0 fully saturated rings. The van der Waals surface area contributed by atoms with Crippen molar-refractivity contribution in [2.75, 3.05) is 6.54 Å². The predicted molar refractivity (Wildman–Crippen MR) is 82.0 cm³/mol. The molecular formula is C16H17F2N5. The van der Waals surface area contributed by atoms with Crippen molar-refractivity contribution >= 4 is 11.0 Å². The first-order valence-electron chi connectivity index (χ1n) is 7.65. The van der Waals surface area contributed by atoms with Gasteiger partial charge in [-0.2, -0.15) is 13.9 Å². The SMILES string of the molecule is CC(c1nc2ccccc2n1C(F)F)N1CCn2nccc2C1. The summed E-state index contributed by atoms with van der Waals surface area (Å²) in [6.07, 6.45) is 1.78. The van der Waals surface area contributed by atoms with Gasteiger partial charge >= 0.3 is 6.55 Å². The lowest BCUT2D eigenvalue weighted by Crippen LogP contribution is -2.36. The van der Waals surface area contributed by atoms with Crippen LogP contribution in [0.15, 0.2) is 36.5 Å². The zero-order valence-electron chi connectivity index (χ0n) is 12.7. The minimum Gasteiger partial charge on any atom is -0.286 e. The van der Waals surface area contributed by atoms with Crippen LogP contribution in [0.25, 0.3) is 11.0 Å². The molecule has 0 radical (unpaired) electrons. The molecular weight excluding hydrogens is 300 g/mol. The summed E-state index contributed by atoms with van der Waals surface area (Å²) < 4.78 is 30.2. The molecule has 0 saturated carbocycles. The monoisotopic (exact) mass is 317 g/mol. The Hall–Kier alpha value is -2.28. The van der Waals surface area contributed by atoms with E-state index in [4.69, 9.17) is 0 Å². The Balaban J connectivity index is 1.73. The van der Waals surface area contributed by atoms with Gasteiger partial charge in [-0.1, -0.05) is 12.1 Å². The van der Waals surface area contributed by atoms with Crippen molar-refractivity contribution in [3.8, 4) is 0 Å². The van der Waals surface area contributed by atoms with E-state index in [2.05, 4.69) is 15.0 Å². The van der Waals surface area contributed by atoms with Gasteiger partial charge in [0.15, 0.2) is 0 Å². The Morgan fingerprint density at radius 2 is 1.96 bits per heavy atom. The molecule has 5 nitrogen and oxygen atoms in total. The van der Waals surface area contributed by atoms with Gasteiger partial charge in [-0.3, -0.25) is 14.1 Å². The normalized spacial score (nSPS) is 16.9. The second kappa shape index (κ2) is 5.42. The summed E-state index contributed by atoms with van der Waals surface area (Å²) in [6, 6.07) is 8.82. The second-order valence-corrected chi connectivity index (χ2v) is 5.80. The summed E-state index contributed by atoms with van der Waals surface area (Å²) in [6.45, 7) is 1.55. The van der Waals surface area contributed by atoms with Gasteiger partial charge in [0, 0.05) is 19.3 Å². The van der Waals surface area contributed by atoms with Crippen molar-refractivity contribution in [2.45, 2.75) is 32.6 Å². The van der Waals surface area contributed by atoms with Crippen LogP contribution in [0.4, 0.5) is 8.78 Å². The molecule has 1 atom stereocenters. The van der Waals surface area contributed by atoms with Crippen molar-refractivity contribution < 1.29 is 8.78 Å². The summed E-state index contributed by atoms with van der Waals surface area (Å²) in [5, 5.41) is 4.25. The van der Waals surface area contributed by atoms with Crippen LogP contribution < -0.4 is 0 Å². The molecule has 0 amide bonds. The number of rotatable bonds is 3. The minimum absolute atomic E-state index is 0.194. The second-order valence-electron chi connectivity index (χ2n) is 5.80. The molecule has 23 heavy (non-hydrogen) atoms. The van der Waals surface area contributed by atoms with Crippen molar-refractivity contribution in [1.82, 2.24) is 24.2 Å². The predicted octanol–water partition coefficient (Wildman–Crippen LogP) is 3.20. The third-order valence-corrected chi connectivity index (χ3v) is 4.51. The fraction of sp³-hybridized carbons (Fsp3) is 0.375. The van der Waals surface area contributed by atoms with Crippen molar-refractivity contribution in [3.63, 3.8) is 0 Å². The number of imidazole rings is 1. The van der Waals surface area contributed by atoms with Gasteiger partial charge in [-0.15, -0.1) is 0 Å². The molecule has 0 bridgehead atoms. The summed E-state index contributed by atoms with van der Waals surface area (Å²) in [7, 11) is 0. The first kappa shape index (κ1) is 14.3. The lowest BCUT2D eigenvalue weighted by Gasteiger charge is -2.32. The molecule has 0 aliphatic carbocycles. The van der Waals surface area contributed by atoms with Crippen LogP contribution in [0.5, 0.6) is 0 Å². The molecule has 0 saturated heterocycles. The van der Waals surface area contributed by atoms with E-state index >= 15 is 0 Å². The highest BCUT2D eigenvalue weighted by Crippen LogP contribution is 2.30. The molecule has 1 unspecified atom stereocenters. The smallest absolute Gasteiger partial charge is 0.286 e. The number of benzene rings is 1. The number of fused-ring (bicyclic) bond motifs is 2. The maximum Gasteiger partial charge on any atom is 0.320 e. The standard InChI is InChI=1S/C16H17F2N5/c1-11(21-8-9-22-12(10-21)6-7-19-22)15-20-13-4-2-3-5-14(13)23(15)16(17)18/h2-7,11,16H,8-10H2,1H3. The number of halogens is 2. The van der Waals surface area contributed by atoms with Crippen LogP contribution in [0.1, 0.15) is 31.0 Å². The Bertz CT molecular complexity index is 838. The minimum atomic E-state index is -2.60. The number of nitrogens with zero attached hydrogens (tertiary/aromatic N) is 5. The highest BCUT2D eigenvalue weighted by atomic mass is 19.3. The average molecular weight is 317 g/mol. The zero-order chi connectivity index (χ0) is 16.0. The summed E-state index contributed by atoms with van der Waals surface area (Å²) in [5.74, 6) is 0.411. The number of aromatic nitrogens is 4. The molecule has 7 heteroatoms. The molecule has 3 heterocycles. The molecule has 1 aromatic carbocycles. The third-order valence-electron chi connectivity index (χ3n) is 4.51. The van der Waals surface area contributed by atoms with Crippen LogP contribution in [0, 0.1) is 0 Å². The van der Waals surface area contributed by atoms with Crippen molar-refractivity contribution in [3.05, 3.63) is 48.0 Å². The van der Waals surface area contributed by atoms with Crippen LogP contribution >= 0.6 is 0 Å². The van der Waals surface area contributed by atoms with E-state index in [1.807, 2.05) is 23.7 Å².